The second kappa shape index (κ2) is 4.34. The Kier molecular flexibility index (Phi) is 4.11. The summed E-state index contributed by atoms with van der Waals surface area (Å²) in [7, 11) is 0. The Morgan fingerprint density at radius 2 is 2.09 bits per heavy atom. The molecule has 0 amide bonds. The van der Waals surface area contributed by atoms with Crippen LogP contribution in [-0.2, 0) is 9.53 Å². The number of rotatable bonds is 4. The summed E-state index contributed by atoms with van der Waals surface area (Å²) >= 11 is 0. The van der Waals surface area contributed by atoms with Crippen molar-refractivity contribution in [2.24, 2.45) is 5.73 Å². The maximum atomic E-state index is 10.8. The predicted molar refractivity (Wildman–Crippen MR) is 44.1 cm³/mol. The molecule has 0 aliphatic rings. The molecule has 0 aromatic carbocycles. The van der Waals surface area contributed by atoms with Crippen molar-refractivity contribution in [1.82, 2.24) is 0 Å². The normalized spacial score (nSPS) is 11.3. The van der Waals surface area contributed by atoms with Crippen LogP contribution in [0.3, 0.4) is 0 Å². The van der Waals surface area contributed by atoms with Crippen LogP contribution in [0.25, 0.3) is 0 Å². The van der Waals surface area contributed by atoms with Gasteiger partial charge in [0.2, 0.25) is 0 Å². The van der Waals surface area contributed by atoms with Crippen molar-refractivity contribution in [2.75, 3.05) is 6.61 Å². The van der Waals surface area contributed by atoms with E-state index in [-0.39, 0.29) is 11.5 Å². The van der Waals surface area contributed by atoms with Gasteiger partial charge in [-0.25, -0.2) is 0 Å². The molecule has 0 aromatic heterocycles. The van der Waals surface area contributed by atoms with Crippen LogP contribution in [0.5, 0.6) is 0 Å². The molecule has 11 heavy (non-hydrogen) atoms. The largest absolute Gasteiger partial charge is 0.466 e. The van der Waals surface area contributed by atoms with Gasteiger partial charge in [-0.2, -0.15) is 0 Å². The first kappa shape index (κ1) is 10.4. The van der Waals surface area contributed by atoms with Crippen molar-refractivity contribution in [3.05, 3.63) is 0 Å². The lowest BCUT2D eigenvalue weighted by Gasteiger charge is -2.16. The number of esters is 1. The van der Waals surface area contributed by atoms with Crippen LogP contribution >= 0.6 is 0 Å². The Morgan fingerprint density at radius 3 is 2.45 bits per heavy atom. The van der Waals surface area contributed by atoms with Gasteiger partial charge in [0.1, 0.15) is 0 Å². The third-order valence-corrected chi connectivity index (χ3v) is 1.28. The molecule has 0 aromatic rings. The van der Waals surface area contributed by atoms with Crippen LogP contribution in [0.2, 0.25) is 0 Å². The fourth-order valence-corrected chi connectivity index (χ4v) is 0.657. The number of hydrogen-bond donors (Lipinski definition) is 1. The van der Waals surface area contributed by atoms with Crippen LogP contribution in [-0.4, -0.2) is 18.1 Å². The van der Waals surface area contributed by atoms with Crippen molar-refractivity contribution in [2.45, 2.75) is 39.2 Å². The zero-order valence-electron chi connectivity index (χ0n) is 7.52. The molecule has 0 aliphatic heterocycles. The molecule has 0 saturated carbocycles. The number of carbonyl (C=O) groups is 1. The molecule has 3 heteroatoms. The lowest BCUT2D eigenvalue weighted by Crippen LogP contribution is -2.32. The summed E-state index contributed by atoms with van der Waals surface area (Å²) in [5.74, 6) is -0.161. The highest BCUT2D eigenvalue weighted by Crippen LogP contribution is 2.07. The minimum Gasteiger partial charge on any atom is -0.466 e. The Balaban J connectivity index is 3.46. The monoisotopic (exact) mass is 159 g/mol. The predicted octanol–water partition coefficient (Wildman–Crippen LogP) is 1.07. The van der Waals surface area contributed by atoms with Gasteiger partial charge in [0.05, 0.1) is 6.61 Å². The van der Waals surface area contributed by atoms with Gasteiger partial charge in [-0.3, -0.25) is 4.79 Å². The third kappa shape index (κ3) is 7.33. The molecular weight excluding hydrogens is 142 g/mol. The minimum atomic E-state index is -0.271. The molecule has 0 rings (SSSR count). The maximum Gasteiger partial charge on any atom is 0.305 e. The van der Waals surface area contributed by atoms with Crippen molar-refractivity contribution >= 4 is 5.97 Å². The van der Waals surface area contributed by atoms with Crippen LogP contribution < -0.4 is 5.73 Å². The zero-order chi connectivity index (χ0) is 8.91. The molecule has 0 spiro atoms. The molecule has 0 fully saturated rings. The molecule has 0 aliphatic carbocycles. The van der Waals surface area contributed by atoms with E-state index in [0.717, 1.165) is 0 Å². The highest BCUT2D eigenvalue weighted by atomic mass is 16.5. The van der Waals surface area contributed by atoms with E-state index in [2.05, 4.69) is 0 Å². The average Bonchev–Trinajstić information content (AvgIpc) is 1.83. The molecule has 0 atom stereocenters. The van der Waals surface area contributed by atoms with E-state index >= 15 is 0 Å². The van der Waals surface area contributed by atoms with E-state index in [4.69, 9.17) is 10.5 Å². The lowest BCUT2D eigenvalue weighted by atomic mass is 10.0. The van der Waals surface area contributed by atoms with E-state index in [1.807, 2.05) is 13.8 Å². The lowest BCUT2D eigenvalue weighted by molar-refractivity contribution is -0.143. The van der Waals surface area contributed by atoms with Crippen LogP contribution in [0.1, 0.15) is 33.6 Å². The van der Waals surface area contributed by atoms with Crippen LogP contribution in [0.15, 0.2) is 0 Å². The summed E-state index contributed by atoms with van der Waals surface area (Å²) < 4.78 is 4.74. The van der Waals surface area contributed by atoms with E-state index in [1.54, 1.807) is 6.92 Å². The Morgan fingerprint density at radius 1 is 1.55 bits per heavy atom. The van der Waals surface area contributed by atoms with Gasteiger partial charge in [-0.1, -0.05) is 0 Å². The second-order valence-electron chi connectivity index (χ2n) is 3.29. The Hall–Kier alpha value is -0.570. The molecule has 0 unspecified atom stereocenters. The van der Waals surface area contributed by atoms with E-state index in [0.29, 0.717) is 19.4 Å². The second-order valence-corrected chi connectivity index (χ2v) is 3.29. The van der Waals surface area contributed by atoms with Gasteiger partial charge in [-0.15, -0.1) is 0 Å². The van der Waals surface area contributed by atoms with Gasteiger partial charge in [-0.05, 0) is 27.2 Å². The van der Waals surface area contributed by atoms with E-state index < -0.39 is 0 Å². The molecule has 3 nitrogen and oxygen atoms in total. The molecular formula is C8H17NO2. The molecule has 0 bridgehead atoms. The van der Waals surface area contributed by atoms with E-state index in [9.17, 15) is 4.79 Å². The highest BCUT2D eigenvalue weighted by Gasteiger charge is 2.13. The van der Waals surface area contributed by atoms with Crippen molar-refractivity contribution in [1.29, 1.82) is 0 Å². The van der Waals surface area contributed by atoms with Gasteiger partial charge in [0, 0.05) is 12.0 Å². The van der Waals surface area contributed by atoms with Crippen molar-refractivity contribution < 1.29 is 9.53 Å². The smallest absolute Gasteiger partial charge is 0.305 e. The SMILES string of the molecule is CCOC(=O)CCC(C)(C)N. The Bertz CT molecular complexity index is 127. The van der Waals surface area contributed by atoms with Crippen molar-refractivity contribution in [3.63, 3.8) is 0 Å². The molecule has 0 heterocycles. The summed E-state index contributed by atoms with van der Waals surface area (Å²) in [6.07, 6.45) is 1.09. The summed E-state index contributed by atoms with van der Waals surface area (Å²) in [6, 6.07) is 0. The first-order valence-corrected chi connectivity index (χ1v) is 3.90. The first-order valence-electron chi connectivity index (χ1n) is 3.90. The standard InChI is InChI=1S/C8H17NO2/c1-4-11-7(10)5-6-8(2,3)9/h4-6,9H2,1-3H3. The summed E-state index contributed by atoms with van der Waals surface area (Å²) in [6.45, 7) is 6.04. The number of nitrogens with two attached hydrogens (primary N) is 1. The summed E-state index contributed by atoms with van der Waals surface area (Å²) in [4.78, 5) is 10.8. The fourth-order valence-electron chi connectivity index (χ4n) is 0.657. The van der Waals surface area contributed by atoms with E-state index in [1.165, 1.54) is 0 Å². The number of hydrogen-bond acceptors (Lipinski definition) is 3. The Labute approximate surface area is 67.9 Å². The number of carbonyl (C=O) groups excluding carboxylic acids is 1. The first-order chi connectivity index (χ1) is 4.95. The van der Waals surface area contributed by atoms with Gasteiger partial charge < -0.3 is 10.5 Å². The quantitative estimate of drug-likeness (QED) is 0.624. The van der Waals surface area contributed by atoms with Gasteiger partial charge in [0.25, 0.3) is 0 Å². The molecule has 0 radical (unpaired) electrons. The molecule has 66 valence electrons. The van der Waals surface area contributed by atoms with Crippen LogP contribution in [0.4, 0.5) is 0 Å². The fraction of sp³-hybridized carbons (Fsp3) is 0.875. The van der Waals surface area contributed by atoms with Gasteiger partial charge in [0.15, 0.2) is 0 Å². The summed E-state index contributed by atoms with van der Waals surface area (Å²) in [5, 5.41) is 0. The zero-order valence-corrected chi connectivity index (χ0v) is 7.52. The van der Waals surface area contributed by atoms with Gasteiger partial charge >= 0.3 is 5.97 Å². The average molecular weight is 159 g/mol. The minimum absolute atomic E-state index is 0.161. The number of ether oxygens (including phenoxy) is 1. The molecule has 0 saturated heterocycles. The summed E-state index contributed by atoms with van der Waals surface area (Å²) in [5.41, 5.74) is 5.40. The van der Waals surface area contributed by atoms with Crippen molar-refractivity contribution in [3.8, 4) is 0 Å². The van der Waals surface area contributed by atoms with Crippen LogP contribution in [0, 0.1) is 0 Å². The maximum absolute atomic E-state index is 10.8. The highest BCUT2D eigenvalue weighted by molar-refractivity contribution is 5.69. The molecule has 2 N–H and O–H groups in total. The topological polar surface area (TPSA) is 52.3 Å². The third-order valence-electron chi connectivity index (χ3n) is 1.28.